The molecule has 2 aliphatic rings. The van der Waals surface area contributed by atoms with Crippen LogP contribution in [0.4, 0.5) is 4.79 Å². The second kappa shape index (κ2) is 7.07. The number of likely N-dealkylation sites (tertiary alicyclic amines) is 1. The first-order valence-electron chi connectivity index (χ1n) is 8.51. The van der Waals surface area contributed by atoms with Gasteiger partial charge in [-0.25, -0.2) is 4.79 Å². The minimum Gasteiger partial charge on any atom is -0.453 e. The topological polar surface area (TPSA) is 67.9 Å². The second-order valence-corrected chi connectivity index (χ2v) is 7.41. The molecule has 1 saturated heterocycles. The van der Waals surface area contributed by atoms with Gasteiger partial charge in [0.1, 0.15) is 6.04 Å². The third kappa shape index (κ3) is 3.32. The lowest BCUT2D eigenvalue weighted by Crippen LogP contribution is -2.59. The molecular formula is C17H30N2O4. The van der Waals surface area contributed by atoms with Crippen LogP contribution < -0.4 is 5.32 Å². The van der Waals surface area contributed by atoms with Crippen LogP contribution in [-0.4, -0.2) is 55.3 Å². The molecule has 23 heavy (non-hydrogen) atoms. The van der Waals surface area contributed by atoms with E-state index < -0.39 is 12.1 Å². The van der Waals surface area contributed by atoms with Gasteiger partial charge < -0.3 is 19.7 Å². The minimum absolute atomic E-state index is 0.00506. The van der Waals surface area contributed by atoms with Gasteiger partial charge in [0.2, 0.25) is 5.91 Å². The van der Waals surface area contributed by atoms with E-state index in [4.69, 9.17) is 4.74 Å². The first kappa shape index (κ1) is 18.0. The van der Waals surface area contributed by atoms with Gasteiger partial charge in [-0.2, -0.15) is 0 Å². The van der Waals surface area contributed by atoms with Crippen molar-refractivity contribution in [2.24, 2.45) is 17.8 Å². The average molecular weight is 326 g/mol. The third-order valence-electron chi connectivity index (χ3n) is 5.30. The Hall–Kier alpha value is -1.30. The predicted molar refractivity (Wildman–Crippen MR) is 86.9 cm³/mol. The minimum atomic E-state index is -0.569. The molecule has 0 aromatic carbocycles. The summed E-state index contributed by atoms with van der Waals surface area (Å²) in [5.41, 5.74) is 0. The fourth-order valence-electron chi connectivity index (χ4n) is 4.32. The van der Waals surface area contributed by atoms with E-state index in [-0.39, 0.29) is 30.0 Å². The summed E-state index contributed by atoms with van der Waals surface area (Å²) in [7, 11) is 3.03. The maximum Gasteiger partial charge on any atom is 0.407 e. The van der Waals surface area contributed by atoms with E-state index in [9.17, 15) is 9.59 Å². The number of amides is 2. The van der Waals surface area contributed by atoms with E-state index in [0.717, 1.165) is 12.8 Å². The first-order valence-corrected chi connectivity index (χ1v) is 8.51. The molecule has 6 heteroatoms. The third-order valence-corrected chi connectivity index (χ3v) is 5.30. The van der Waals surface area contributed by atoms with Crippen LogP contribution in [0.5, 0.6) is 0 Å². The molecule has 2 fully saturated rings. The standard InChI is InChI=1S/C17H30N2O4/c1-9(2)14(18-17(21)23-6)16(20)19-12-7-11(8-13(12)22-5)15(19)10(3)4/h9-15H,7-8H2,1-6H3,(H,18,21)/t11-,12+,13-,14-,15+/m0/s1. The molecule has 0 aromatic rings. The van der Waals surface area contributed by atoms with E-state index in [1.807, 2.05) is 18.7 Å². The summed E-state index contributed by atoms with van der Waals surface area (Å²) in [5.74, 6) is 0.852. The van der Waals surface area contributed by atoms with E-state index in [2.05, 4.69) is 23.9 Å². The summed E-state index contributed by atoms with van der Waals surface area (Å²) in [6.07, 6.45) is 1.55. The van der Waals surface area contributed by atoms with Crippen LogP contribution in [-0.2, 0) is 14.3 Å². The molecule has 2 amide bonds. The fourth-order valence-corrected chi connectivity index (χ4v) is 4.32. The Morgan fingerprint density at radius 2 is 1.78 bits per heavy atom. The number of methoxy groups -OCH3 is 2. The van der Waals surface area contributed by atoms with Crippen LogP contribution in [0, 0.1) is 17.8 Å². The molecule has 1 aliphatic heterocycles. The number of carbonyl (C=O) groups excluding carboxylic acids is 2. The summed E-state index contributed by atoms with van der Waals surface area (Å²) in [4.78, 5) is 26.8. The van der Waals surface area contributed by atoms with Crippen molar-refractivity contribution in [2.75, 3.05) is 14.2 Å². The van der Waals surface area contributed by atoms with Crippen molar-refractivity contribution in [1.29, 1.82) is 0 Å². The monoisotopic (exact) mass is 326 g/mol. The summed E-state index contributed by atoms with van der Waals surface area (Å²) in [6.45, 7) is 8.19. The Bertz CT molecular complexity index is 452. The van der Waals surface area contributed by atoms with Gasteiger partial charge in [-0.3, -0.25) is 4.79 Å². The van der Waals surface area contributed by atoms with E-state index in [0.29, 0.717) is 11.8 Å². The lowest BCUT2D eigenvalue weighted by atomic mass is 9.88. The maximum absolute atomic E-state index is 13.2. The van der Waals surface area contributed by atoms with Gasteiger partial charge in [0.25, 0.3) is 0 Å². The zero-order valence-corrected chi connectivity index (χ0v) is 15.0. The second-order valence-electron chi connectivity index (χ2n) is 7.41. The van der Waals surface area contributed by atoms with Crippen molar-refractivity contribution in [3.63, 3.8) is 0 Å². The SMILES string of the molecule is COC(=O)N[C@H](C(=O)N1[C@@H]2C[C@@H](C[C@@H]2OC)[C@H]1C(C)C)C(C)C. The molecule has 1 N–H and O–H groups in total. The first-order chi connectivity index (χ1) is 10.8. The van der Waals surface area contributed by atoms with Gasteiger partial charge in [-0.05, 0) is 30.6 Å². The molecule has 0 aromatic heterocycles. The van der Waals surface area contributed by atoms with E-state index >= 15 is 0 Å². The smallest absolute Gasteiger partial charge is 0.407 e. The molecule has 0 spiro atoms. The molecule has 0 radical (unpaired) electrons. The fraction of sp³-hybridized carbons (Fsp3) is 0.882. The molecule has 1 heterocycles. The quantitative estimate of drug-likeness (QED) is 0.839. The van der Waals surface area contributed by atoms with Gasteiger partial charge in [0.15, 0.2) is 0 Å². The number of nitrogens with one attached hydrogen (secondary N) is 1. The van der Waals surface area contributed by atoms with Crippen molar-refractivity contribution in [1.82, 2.24) is 10.2 Å². The molecule has 1 aliphatic carbocycles. The van der Waals surface area contributed by atoms with Gasteiger partial charge in [0, 0.05) is 13.2 Å². The van der Waals surface area contributed by atoms with Crippen molar-refractivity contribution >= 4 is 12.0 Å². The highest BCUT2D eigenvalue weighted by atomic mass is 16.5. The van der Waals surface area contributed by atoms with Crippen LogP contribution >= 0.6 is 0 Å². The maximum atomic E-state index is 13.2. The summed E-state index contributed by atoms with van der Waals surface area (Å²) in [5, 5.41) is 2.70. The molecule has 2 bridgehead atoms. The highest BCUT2D eigenvalue weighted by Crippen LogP contribution is 2.46. The Morgan fingerprint density at radius 3 is 2.26 bits per heavy atom. The van der Waals surface area contributed by atoms with Gasteiger partial charge in [-0.1, -0.05) is 27.7 Å². The zero-order chi connectivity index (χ0) is 17.3. The van der Waals surface area contributed by atoms with Crippen LogP contribution in [0.1, 0.15) is 40.5 Å². The van der Waals surface area contributed by atoms with Crippen LogP contribution in [0.25, 0.3) is 0 Å². The molecule has 1 saturated carbocycles. The molecule has 0 unspecified atom stereocenters. The molecule has 2 rings (SSSR count). The van der Waals surface area contributed by atoms with Gasteiger partial charge in [0.05, 0.1) is 19.3 Å². The number of hydrogen-bond donors (Lipinski definition) is 1. The average Bonchev–Trinajstić information content (AvgIpc) is 3.08. The lowest BCUT2D eigenvalue weighted by molar-refractivity contribution is -0.144. The Kier molecular flexibility index (Phi) is 5.55. The number of hydrogen-bond acceptors (Lipinski definition) is 4. The van der Waals surface area contributed by atoms with Crippen molar-refractivity contribution in [2.45, 2.75) is 64.8 Å². The summed E-state index contributed by atoms with van der Waals surface area (Å²) in [6, 6.07) is -0.231. The number of fused-ring (bicyclic) bond motifs is 2. The molecule has 6 nitrogen and oxygen atoms in total. The summed E-state index contributed by atoms with van der Waals surface area (Å²) < 4.78 is 10.3. The highest BCUT2D eigenvalue weighted by molar-refractivity contribution is 5.87. The lowest BCUT2D eigenvalue weighted by Gasteiger charge is -2.43. The summed E-state index contributed by atoms with van der Waals surface area (Å²) >= 11 is 0. The van der Waals surface area contributed by atoms with E-state index in [1.165, 1.54) is 7.11 Å². The zero-order valence-electron chi connectivity index (χ0n) is 15.0. The number of piperidine rings is 1. The Morgan fingerprint density at radius 1 is 1.13 bits per heavy atom. The van der Waals surface area contributed by atoms with Crippen molar-refractivity contribution in [3.05, 3.63) is 0 Å². The number of ether oxygens (including phenoxy) is 2. The van der Waals surface area contributed by atoms with Crippen molar-refractivity contribution in [3.8, 4) is 0 Å². The van der Waals surface area contributed by atoms with Crippen LogP contribution in [0.15, 0.2) is 0 Å². The van der Waals surface area contributed by atoms with Crippen LogP contribution in [0.3, 0.4) is 0 Å². The van der Waals surface area contributed by atoms with Crippen molar-refractivity contribution < 1.29 is 19.1 Å². The predicted octanol–water partition coefficient (Wildman–Crippen LogP) is 2.03. The number of rotatable bonds is 5. The normalized spacial score (nSPS) is 30.9. The number of carbonyl (C=O) groups is 2. The largest absolute Gasteiger partial charge is 0.453 e. The molecule has 5 atom stereocenters. The Labute approximate surface area is 138 Å². The Balaban J connectivity index is 2.24. The highest BCUT2D eigenvalue weighted by Gasteiger charge is 2.55. The van der Waals surface area contributed by atoms with Crippen LogP contribution in [0.2, 0.25) is 0 Å². The van der Waals surface area contributed by atoms with Gasteiger partial charge in [-0.15, -0.1) is 0 Å². The molecule has 132 valence electrons. The molecular weight excluding hydrogens is 296 g/mol. The number of nitrogens with zero attached hydrogens (tertiary/aromatic N) is 1. The van der Waals surface area contributed by atoms with Gasteiger partial charge >= 0.3 is 6.09 Å². The van der Waals surface area contributed by atoms with E-state index in [1.54, 1.807) is 7.11 Å². The number of alkyl carbamates (subject to hydrolysis) is 1.